The zero-order valence-electron chi connectivity index (χ0n) is 10.0. The molecule has 0 atom stereocenters. The molecule has 1 aromatic rings. The molecular formula is C12H16O3S. The van der Waals surface area contributed by atoms with Gasteiger partial charge in [-0.1, -0.05) is 13.8 Å². The molecule has 16 heavy (non-hydrogen) atoms. The van der Waals surface area contributed by atoms with Gasteiger partial charge in [0.1, 0.15) is 4.88 Å². The Hall–Kier alpha value is -1.16. The van der Waals surface area contributed by atoms with E-state index in [-0.39, 0.29) is 11.8 Å². The lowest BCUT2D eigenvalue weighted by atomic mass is 10.0. The molecule has 88 valence electrons. The molecule has 0 aromatic carbocycles. The molecule has 0 aliphatic heterocycles. The van der Waals surface area contributed by atoms with Crippen LogP contribution < -0.4 is 0 Å². The summed E-state index contributed by atoms with van der Waals surface area (Å²) in [5, 5.41) is 0. The van der Waals surface area contributed by atoms with Crippen LogP contribution >= 0.6 is 11.3 Å². The monoisotopic (exact) mass is 240 g/mol. The molecular weight excluding hydrogens is 224 g/mol. The Kier molecular flexibility index (Phi) is 4.24. The van der Waals surface area contributed by atoms with E-state index in [0.717, 1.165) is 24.0 Å². The van der Waals surface area contributed by atoms with Gasteiger partial charge in [-0.3, -0.25) is 4.79 Å². The third kappa shape index (κ3) is 2.16. The van der Waals surface area contributed by atoms with Crippen molar-refractivity contribution >= 4 is 23.1 Å². The Morgan fingerprint density at radius 2 is 1.62 bits per heavy atom. The fraction of sp³-hybridized carbons (Fsp3) is 0.500. The minimum absolute atomic E-state index is 0.0201. The van der Waals surface area contributed by atoms with Crippen LogP contribution in [0.1, 0.15) is 51.2 Å². The van der Waals surface area contributed by atoms with Gasteiger partial charge in [-0.05, 0) is 30.9 Å². The molecule has 0 saturated carbocycles. The van der Waals surface area contributed by atoms with Gasteiger partial charge in [0.15, 0.2) is 5.78 Å². The van der Waals surface area contributed by atoms with E-state index in [1.807, 2.05) is 13.8 Å². The highest BCUT2D eigenvalue weighted by atomic mass is 32.1. The molecule has 1 heterocycles. The second kappa shape index (κ2) is 5.25. The molecule has 4 heteroatoms. The standard InChI is InChI=1S/C12H16O3S/c1-5-8-9(6-2)11(12(14)15-4)16-10(8)7(3)13/h5-6H2,1-4H3. The van der Waals surface area contributed by atoms with Gasteiger partial charge in [0.2, 0.25) is 0 Å². The zero-order chi connectivity index (χ0) is 12.3. The highest BCUT2D eigenvalue weighted by molar-refractivity contribution is 7.16. The predicted molar refractivity (Wildman–Crippen MR) is 64.4 cm³/mol. The van der Waals surface area contributed by atoms with Gasteiger partial charge in [0.25, 0.3) is 0 Å². The maximum absolute atomic E-state index is 11.6. The molecule has 0 N–H and O–H groups in total. The third-order valence-corrected chi connectivity index (χ3v) is 3.87. The lowest BCUT2D eigenvalue weighted by Gasteiger charge is -2.02. The second-order valence-electron chi connectivity index (χ2n) is 3.47. The van der Waals surface area contributed by atoms with Crippen LogP contribution in [0.15, 0.2) is 0 Å². The van der Waals surface area contributed by atoms with Crippen LogP contribution in [0.25, 0.3) is 0 Å². The van der Waals surface area contributed by atoms with E-state index in [2.05, 4.69) is 0 Å². The van der Waals surface area contributed by atoms with E-state index < -0.39 is 0 Å². The first kappa shape index (κ1) is 12.9. The van der Waals surface area contributed by atoms with Crippen molar-refractivity contribution in [2.75, 3.05) is 7.11 Å². The van der Waals surface area contributed by atoms with Crippen molar-refractivity contribution < 1.29 is 14.3 Å². The number of rotatable bonds is 4. The van der Waals surface area contributed by atoms with Gasteiger partial charge < -0.3 is 4.74 Å². The molecule has 1 rings (SSSR count). The normalized spacial score (nSPS) is 10.2. The number of thiophene rings is 1. The minimum atomic E-state index is -0.343. The number of Topliss-reactive ketones (excluding diaryl/α,β-unsaturated/α-hetero) is 1. The number of carbonyl (C=O) groups is 2. The molecule has 0 unspecified atom stereocenters. The molecule has 0 bridgehead atoms. The summed E-state index contributed by atoms with van der Waals surface area (Å²) in [6.07, 6.45) is 1.52. The average molecular weight is 240 g/mol. The topological polar surface area (TPSA) is 43.4 Å². The summed E-state index contributed by atoms with van der Waals surface area (Å²) >= 11 is 1.25. The lowest BCUT2D eigenvalue weighted by Crippen LogP contribution is -2.02. The van der Waals surface area contributed by atoms with Crippen LogP contribution in [-0.2, 0) is 17.6 Å². The van der Waals surface area contributed by atoms with Crippen LogP contribution in [0, 0.1) is 0 Å². The Morgan fingerprint density at radius 1 is 1.12 bits per heavy atom. The lowest BCUT2D eigenvalue weighted by molar-refractivity contribution is 0.0605. The van der Waals surface area contributed by atoms with Gasteiger partial charge in [-0.25, -0.2) is 4.79 Å². The molecule has 0 amide bonds. The highest BCUT2D eigenvalue weighted by Crippen LogP contribution is 2.30. The Balaban J connectivity index is 3.40. The summed E-state index contributed by atoms with van der Waals surface area (Å²) in [5.41, 5.74) is 1.96. The van der Waals surface area contributed by atoms with Crippen molar-refractivity contribution in [3.05, 3.63) is 20.9 Å². The summed E-state index contributed by atoms with van der Waals surface area (Å²) in [5.74, 6) is -0.323. The maximum atomic E-state index is 11.6. The van der Waals surface area contributed by atoms with Crippen molar-refractivity contribution in [2.45, 2.75) is 33.6 Å². The van der Waals surface area contributed by atoms with Gasteiger partial charge in [0.05, 0.1) is 12.0 Å². The van der Waals surface area contributed by atoms with Crippen LogP contribution in [-0.4, -0.2) is 18.9 Å². The molecule has 0 spiro atoms. The average Bonchev–Trinajstić information content (AvgIpc) is 2.66. The number of hydrogen-bond acceptors (Lipinski definition) is 4. The maximum Gasteiger partial charge on any atom is 0.348 e. The third-order valence-electron chi connectivity index (χ3n) is 2.51. The van der Waals surface area contributed by atoms with E-state index in [1.165, 1.54) is 25.4 Å². The number of ketones is 1. The summed E-state index contributed by atoms with van der Waals surface area (Å²) in [6.45, 7) is 5.51. The first-order valence-corrected chi connectivity index (χ1v) is 6.12. The van der Waals surface area contributed by atoms with Gasteiger partial charge >= 0.3 is 5.97 Å². The molecule has 1 aromatic heterocycles. The molecule has 0 saturated heterocycles. The fourth-order valence-electron chi connectivity index (χ4n) is 1.79. The molecule has 3 nitrogen and oxygen atoms in total. The quantitative estimate of drug-likeness (QED) is 0.600. The first-order valence-electron chi connectivity index (χ1n) is 5.30. The van der Waals surface area contributed by atoms with Gasteiger partial charge in [-0.2, -0.15) is 0 Å². The molecule has 0 aliphatic carbocycles. The van der Waals surface area contributed by atoms with Crippen LogP contribution in [0.3, 0.4) is 0 Å². The van der Waals surface area contributed by atoms with Crippen LogP contribution in [0.5, 0.6) is 0 Å². The Labute approximate surface area is 99.4 Å². The summed E-state index contributed by atoms with van der Waals surface area (Å²) in [7, 11) is 1.36. The van der Waals surface area contributed by atoms with E-state index in [1.54, 1.807) is 0 Å². The van der Waals surface area contributed by atoms with E-state index >= 15 is 0 Å². The Morgan fingerprint density at radius 3 is 2.00 bits per heavy atom. The number of carbonyl (C=O) groups excluding carboxylic acids is 2. The molecule has 0 fully saturated rings. The van der Waals surface area contributed by atoms with Crippen molar-refractivity contribution in [3.63, 3.8) is 0 Å². The number of methoxy groups -OCH3 is 1. The first-order chi connectivity index (χ1) is 7.56. The van der Waals surface area contributed by atoms with Crippen molar-refractivity contribution in [3.8, 4) is 0 Å². The summed E-state index contributed by atoms with van der Waals surface area (Å²) in [6, 6.07) is 0. The van der Waals surface area contributed by atoms with Gasteiger partial charge in [0, 0.05) is 0 Å². The van der Waals surface area contributed by atoms with Crippen LogP contribution in [0.2, 0.25) is 0 Å². The predicted octanol–water partition coefficient (Wildman–Crippen LogP) is 2.86. The van der Waals surface area contributed by atoms with E-state index in [4.69, 9.17) is 4.74 Å². The van der Waals surface area contributed by atoms with E-state index in [9.17, 15) is 9.59 Å². The van der Waals surface area contributed by atoms with Gasteiger partial charge in [-0.15, -0.1) is 11.3 Å². The van der Waals surface area contributed by atoms with E-state index in [0.29, 0.717) is 9.75 Å². The van der Waals surface area contributed by atoms with Crippen LogP contribution in [0.4, 0.5) is 0 Å². The largest absolute Gasteiger partial charge is 0.465 e. The number of ether oxygens (including phenoxy) is 1. The number of esters is 1. The summed E-state index contributed by atoms with van der Waals surface area (Å²) in [4.78, 5) is 24.3. The minimum Gasteiger partial charge on any atom is -0.465 e. The summed E-state index contributed by atoms with van der Waals surface area (Å²) < 4.78 is 4.73. The second-order valence-corrected chi connectivity index (χ2v) is 4.49. The van der Waals surface area contributed by atoms with Crippen molar-refractivity contribution in [2.24, 2.45) is 0 Å². The Bertz CT molecular complexity index is 418. The smallest absolute Gasteiger partial charge is 0.348 e. The molecule has 0 aliphatic rings. The van der Waals surface area contributed by atoms with Crippen molar-refractivity contribution in [1.82, 2.24) is 0 Å². The highest BCUT2D eigenvalue weighted by Gasteiger charge is 2.22. The zero-order valence-corrected chi connectivity index (χ0v) is 10.9. The van der Waals surface area contributed by atoms with Crippen molar-refractivity contribution in [1.29, 1.82) is 0 Å². The fourth-order valence-corrected chi connectivity index (χ4v) is 3.09. The molecule has 0 radical (unpaired) electrons. The SMILES string of the molecule is CCc1c(C(C)=O)sc(C(=O)OC)c1CC. The number of hydrogen-bond donors (Lipinski definition) is 0.